The van der Waals surface area contributed by atoms with Gasteiger partial charge in [-0.25, -0.2) is 0 Å². The highest BCUT2D eigenvalue weighted by molar-refractivity contribution is 5.23. The summed E-state index contributed by atoms with van der Waals surface area (Å²) in [6, 6.07) is 9.77. The van der Waals surface area contributed by atoms with Gasteiger partial charge in [-0.15, -0.1) is 0 Å². The van der Waals surface area contributed by atoms with Gasteiger partial charge in [0.25, 0.3) is 0 Å². The summed E-state index contributed by atoms with van der Waals surface area (Å²) in [5.74, 6) is 0. The Labute approximate surface area is 110 Å². The molecule has 0 radical (unpaired) electrons. The summed E-state index contributed by atoms with van der Waals surface area (Å²) in [6.45, 7) is 6.39. The summed E-state index contributed by atoms with van der Waals surface area (Å²) in [6.07, 6.45) is 2.38. The molecule has 0 bridgehead atoms. The molecule has 1 atom stereocenters. The summed E-state index contributed by atoms with van der Waals surface area (Å²) in [5.41, 5.74) is 5.96. The van der Waals surface area contributed by atoms with Crippen molar-refractivity contribution in [2.45, 2.75) is 37.8 Å². The smallest absolute Gasteiger partial charge is 0.114 e. The minimum absolute atomic E-state index is 0.165. The minimum Gasteiger partial charge on any atom is -0.382 e. The first-order valence-electron chi connectivity index (χ1n) is 6.71. The first-order chi connectivity index (χ1) is 8.48. The SMILES string of the molecule is CC1(C)CCCN1CC(O)(CN)c1ccccc1. The maximum absolute atomic E-state index is 10.8. The molecule has 1 fully saturated rings. The molecule has 3 nitrogen and oxygen atoms in total. The van der Waals surface area contributed by atoms with Crippen molar-refractivity contribution < 1.29 is 5.11 Å². The summed E-state index contributed by atoms with van der Waals surface area (Å²) < 4.78 is 0. The predicted octanol–water partition coefficient (Wildman–Crippen LogP) is 1.71. The lowest BCUT2D eigenvalue weighted by Crippen LogP contribution is -2.50. The van der Waals surface area contributed by atoms with Crippen molar-refractivity contribution in [1.29, 1.82) is 0 Å². The Kier molecular flexibility index (Phi) is 3.76. The lowest BCUT2D eigenvalue weighted by molar-refractivity contribution is -0.0105. The number of likely N-dealkylation sites (tertiary alicyclic amines) is 1. The highest BCUT2D eigenvalue weighted by Gasteiger charge is 2.38. The monoisotopic (exact) mass is 248 g/mol. The van der Waals surface area contributed by atoms with Gasteiger partial charge in [-0.1, -0.05) is 30.3 Å². The number of benzene rings is 1. The molecule has 100 valence electrons. The average Bonchev–Trinajstić information content (AvgIpc) is 2.69. The Balaban J connectivity index is 2.19. The molecule has 1 aromatic rings. The number of nitrogens with zero attached hydrogens (tertiary/aromatic N) is 1. The van der Waals surface area contributed by atoms with E-state index in [1.165, 1.54) is 12.8 Å². The summed E-state index contributed by atoms with van der Waals surface area (Å²) in [5, 5.41) is 10.8. The van der Waals surface area contributed by atoms with Gasteiger partial charge in [0.05, 0.1) is 0 Å². The van der Waals surface area contributed by atoms with Crippen LogP contribution in [0.15, 0.2) is 30.3 Å². The maximum Gasteiger partial charge on any atom is 0.114 e. The van der Waals surface area contributed by atoms with Crippen molar-refractivity contribution in [1.82, 2.24) is 4.90 Å². The van der Waals surface area contributed by atoms with Crippen LogP contribution in [0.3, 0.4) is 0 Å². The Morgan fingerprint density at radius 2 is 2.00 bits per heavy atom. The molecular formula is C15H24N2O. The molecule has 0 saturated carbocycles. The van der Waals surface area contributed by atoms with Crippen molar-refractivity contribution in [3.05, 3.63) is 35.9 Å². The molecule has 1 unspecified atom stereocenters. The van der Waals surface area contributed by atoms with Crippen LogP contribution in [0.25, 0.3) is 0 Å². The Morgan fingerprint density at radius 1 is 1.33 bits per heavy atom. The summed E-state index contributed by atoms with van der Waals surface area (Å²) in [4.78, 5) is 2.35. The van der Waals surface area contributed by atoms with Gasteiger partial charge in [-0.2, -0.15) is 0 Å². The number of β-amino-alcohol motifs (C(OH)–C–C–N with tert-alkyl or cyclic N) is 1. The zero-order valence-corrected chi connectivity index (χ0v) is 11.4. The largest absolute Gasteiger partial charge is 0.382 e. The van der Waals surface area contributed by atoms with Gasteiger partial charge in [0.15, 0.2) is 0 Å². The van der Waals surface area contributed by atoms with Crippen LogP contribution < -0.4 is 5.73 Å². The molecule has 1 heterocycles. The van der Waals surface area contributed by atoms with Crippen LogP contribution >= 0.6 is 0 Å². The first-order valence-corrected chi connectivity index (χ1v) is 6.71. The number of hydrogen-bond donors (Lipinski definition) is 2. The van der Waals surface area contributed by atoms with E-state index >= 15 is 0 Å². The van der Waals surface area contributed by atoms with Gasteiger partial charge in [-0.3, -0.25) is 4.90 Å². The topological polar surface area (TPSA) is 49.5 Å². The molecule has 0 aliphatic carbocycles. The van der Waals surface area contributed by atoms with E-state index < -0.39 is 5.60 Å². The second kappa shape index (κ2) is 5.00. The van der Waals surface area contributed by atoms with Crippen LogP contribution in [0.4, 0.5) is 0 Å². The van der Waals surface area contributed by atoms with Crippen molar-refractivity contribution >= 4 is 0 Å². The van der Waals surface area contributed by atoms with E-state index in [1.54, 1.807) is 0 Å². The van der Waals surface area contributed by atoms with Gasteiger partial charge in [0.2, 0.25) is 0 Å². The number of rotatable bonds is 4. The molecule has 1 aliphatic heterocycles. The molecule has 1 aromatic carbocycles. The van der Waals surface area contributed by atoms with Crippen LogP contribution in [0.2, 0.25) is 0 Å². The van der Waals surface area contributed by atoms with E-state index in [9.17, 15) is 5.11 Å². The highest BCUT2D eigenvalue weighted by atomic mass is 16.3. The van der Waals surface area contributed by atoms with Gasteiger partial charge in [-0.05, 0) is 38.8 Å². The third-order valence-electron chi connectivity index (χ3n) is 4.17. The Morgan fingerprint density at radius 3 is 2.50 bits per heavy atom. The molecule has 0 aromatic heterocycles. The van der Waals surface area contributed by atoms with E-state index in [4.69, 9.17) is 5.73 Å². The van der Waals surface area contributed by atoms with Gasteiger partial charge in [0, 0.05) is 18.6 Å². The van der Waals surface area contributed by atoms with E-state index in [0.29, 0.717) is 6.54 Å². The summed E-state index contributed by atoms with van der Waals surface area (Å²) >= 11 is 0. The van der Waals surface area contributed by atoms with Gasteiger partial charge < -0.3 is 10.8 Å². The normalized spacial score (nSPS) is 22.9. The van der Waals surface area contributed by atoms with Crippen LogP contribution in [0.5, 0.6) is 0 Å². The zero-order valence-electron chi connectivity index (χ0n) is 11.4. The number of hydrogen-bond acceptors (Lipinski definition) is 3. The molecule has 3 N–H and O–H groups in total. The highest BCUT2D eigenvalue weighted by Crippen LogP contribution is 2.32. The minimum atomic E-state index is -0.942. The quantitative estimate of drug-likeness (QED) is 0.853. The molecule has 3 heteroatoms. The first kappa shape index (κ1) is 13.5. The molecular weight excluding hydrogens is 224 g/mol. The third-order valence-corrected chi connectivity index (χ3v) is 4.17. The number of aliphatic hydroxyl groups is 1. The third kappa shape index (κ3) is 2.58. The second-order valence-corrected chi connectivity index (χ2v) is 5.94. The second-order valence-electron chi connectivity index (χ2n) is 5.94. The maximum atomic E-state index is 10.8. The molecule has 18 heavy (non-hydrogen) atoms. The Bertz CT molecular complexity index is 391. The fourth-order valence-electron chi connectivity index (χ4n) is 2.79. The fraction of sp³-hybridized carbons (Fsp3) is 0.600. The lowest BCUT2D eigenvalue weighted by atomic mass is 9.91. The zero-order chi connectivity index (χ0) is 13.2. The van der Waals surface area contributed by atoms with E-state index in [1.807, 2.05) is 30.3 Å². The van der Waals surface area contributed by atoms with Crippen molar-refractivity contribution in [2.24, 2.45) is 5.73 Å². The van der Waals surface area contributed by atoms with E-state index in [2.05, 4.69) is 18.7 Å². The van der Waals surface area contributed by atoms with Crippen molar-refractivity contribution in [3.63, 3.8) is 0 Å². The average molecular weight is 248 g/mol. The molecule has 0 spiro atoms. The van der Waals surface area contributed by atoms with E-state index in [0.717, 1.165) is 12.1 Å². The number of nitrogens with two attached hydrogens (primary N) is 1. The van der Waals surface area contributed by atoms with E-state index in [-0.39, 0.29) is 12.1 Å². The van der Waals surface area contributed by atoms with Crippen LogP contribution in [0, 0.1) is 0 Å². The van der Waals surface area contributed by atoms with Crippen LogP contribution in [-0.2, 0) is 5.60 Å². The standard InChI is InChI=1S/C15H24N2O/c1-14(2)9-6-10-17(14)12-15(18,11-16)13-7-4-3-5-8-13/h3-5,7-8,18H,6,9-12,16H2,1-2H3. The van der Waals surface area contributed by atoms with Crippen LogP contribution in [0.1, 0.15) is 32.3 Å². The predicted molar refractivity (Wildman–Crippen MR) is 74.3 cm³/mol. The van der Waals surface area contributed by atoms with Crippen molar-refractivity contribution in [3.8, 4) is 0 Å². The van der Waals surface area contributed by atoms with Gasteiger partial charge >= 0.3 is 0 Å². The fourth-order valence-corrected chi connectivity index (χ4v) is 2.79. The lowest BCUT2D eigenvalue weighted by Gasteiger charge is -2.38. The molecule has 0 amide bonds. The molecule has 1 saturated heterocycles. The van der Waals surface area contributed by atoms with Crippen molar-refractivity contribution in [2.75, 3.05) is 19.6 Å². The molecule has 1 aliphatic rings. The summed E-state index contributed by atoms with van der Waals surface area (Å²) in [7, 11) is 0. The van der Waals surface area contributed by atoms with Crippen LogP contribution in [-0.4, -0.2) is 35.2 Å². The molecule has 2 rings (SSSR count). The Hall–Kier alpha value is -0.900. The van der Waals surface area contributed by atoms with Gasteiger partial charge in [0.1, 0.15) is 5.60 Å².